The first-order valence-electron chi connectivity index (χ1n) is 3.47. The van der Waals surface area contributed by atoms with Crippen LogP contribution in [-0.4, -0.2) is 25.4 Å². The van der Waals surface area contributed by atoms with Gasteiger partial charge in [-0.1, -0.05) is 0 Å². The molecule has 2 N–H and O–H groups in total. The Balaban J connectivity index is 2.39. The van der Waals surface area contributed by atoms with Gasteiger partial charge >= 0.3 is 5.97 Å². The Hall–Kier alpha value is -1.69. The van der Waals surface area contributed by atoms with Crippen molar-refractivity contribution in [3.63, 3.8) is 0 Å². The monoisotopic (exact) mass is 195 g/mol. The van der Waals surface area contributed by atoms with Crippen molar-refractivity contribution in [1.82, 2.24) is 14.3 Å². The van der Waals surface area contributed by atoms with Gasteiger partial charge in [-0.3, -0.25) is 0 Å². The number of aromatic carboxylic acids is 1. The van der Waals surface area contributed by atoms with Gasteiger partial charge in [-0.25, -0.2) is 14.2 Å². The van der Waals surface area contributed by atoms with E-state index in [1.165, 1.54) is 17.7 Å². The summed E-state index contributed by atoms with van der Waals surface area (Å²) in [6.07, 6.45) is 2.93. The SMILES string of the molecule is O=C(O)c1cnc(-c2ccns2)[nH]1. The molecule has 0 aliphatic rings. The van der Waals surface area contributed by atoms with Gasteiger partial charge in [0, 0.05) is 6.20 Å². The third-order valence-corrected chi connectivity index (χ3v) is 2.23. The lowest BCUT2D eigenvalue weighted by molar-refractivity contribution is 0.0691. The molecule has 13 heavy (non-hydrogen) atoms. The molecule has 0 saturated carbocycles. The Morgan fingerprint density at radius 2 is 2.46 bits per heavy atom. The van der Waals surface area contributed by atoms with Gasteiger partial charge in [-0.05, 0) is 17.6 Å². The average Bonchev–Trinajstić information content (AvgIpc) is 2.75. The molecule has 0 amide bonds. The number of nitrogens with zero attached hydrogens (tertiary/aromatic N) is 2. The van der Waals surface area contributed by atoms with E-state index in [1.807, 2.05) is 0 Å². The molecule has 2 heterocycles. The summed E-state index contributed by atoms with van der Waals surface area (Å²) in [4.78, 5) is 17.9. The van der Waals surface area contributed by atoms with E-state index in [2.05, 4.69) is 14.3 Å². The third-order valence-electron chi connectivity index (χ3n) is 1.48. The molecular formula is C7H5N3O2S. The number of carboxylic acids is 1. The van der Waals surface area contributed by atoms with Crippen LogP contribution in [0.2, 0.25) is 0 Å². The summed E-state index contributed by atoms with van der Waals surface area (Å²) in [7, 11) is 0. The Morgan fingerprint density at radius 1 is 1.62 bits per heavy atom. The van der Waals surface area contributed by atoms with E-state index in [1.54, 1.807) is 12.3 Å². The molecule has 0 spiro atoms. The minimum absolute atomic E-state index is 0.0865. The quantitative estimate of drug-likeness (QED) is 0.755. The van der Waals surface area contributed by atoms with Crippen LogP contribution in [0.4, 0.5) is 0 Å². The number of aromatic nitrogens is 3. The molecule has 2 aromatic heterocycles. The maximum atomic E-state index is 10.5. The second-order valence-corrected chi connectivity index (χ2v) is 3.16. The standard InChI is InChI=1S/C7H5N3O2S/c11-7(12)4-3-8-6(10-4)5-1-2-9-13-5/h1-3H,(H,8,10)(H,11,12). The maximum Gasteiger partial charge on any atom is 0.353 e. The van der Waals surface area contributed by atoms with E-state index in [0.29, 0.717) is 5.82 Å². The van der Waals surface area contributed by atoms with Gasteiger partial charge in [0.1, 0.15) is 11.5 Å². The normalized spacial score (nSPS) is 10.2. The van der Waals surface area contributed by atoms with E-state index in [9.17, 15) is 4.79 Å². The predicted molar refractivity (Wildman–Crippen MR) is 46.7 cm³/mol. The van der Waals surface area contributed by atoms with Crippen molar-refractivity contribution in [3.05, 3.63) is 24.2 Å². The van der Waals surface area contributed by atoms with Gasteiger partial charge in [-0.15, -0.1) is 0 Å². The van der Waals surface area contributed by atoms with Crippen LogP contribution in [0.5, 0.6) is 0 Å². The third kappa shape index (κ3) is 1.43. The number of nitrogens with one attached hydrogen (secondary N) is 1. The number of aromatic amines is 1. The number of carboxylic acid groups (broad SMARTS) is 1. The van der Waals surface area contributed by atoms with Gasteiger partial charge in [0.2, 0.25) is 0 Å². The maximum absolute atomic E-state index is 10.5. The smallest absolute Gasteiger partial charge is 0.353 e. The molecule has 66 valence electrons. The molecule has 0 radical (unpaired) electrons. The molecular weight excluding hydrogens is 190 g/mol. The Kier molecular flexibility index (Phi) is 1.82. The molecule has 0 unspecified atom stereocenters. The molecule has 0 aromatic carbocycles. The second kappa shape index (κ2) is 2.98. The molecule has 0 fully saturated rings. The molecule has 0 atom stereocenters. The van der Waals surface area contributed by atoms with Crippen molar-refractivity contribution in [2.45, 2.75) is 0 Å². The highest BCUT2D eigenvalue weighted by molar-refractivity contribution is 7.09. The topological polar surface area (TPSA) is 78.9 Å². The highest BCUT2D eigenvalue weighted by Crippen LogP contribution is 2.18. The first kappa shape index (κ1) is 7.93. The van der Waals surface area contributed by atoms with Gasteiger partial charge in [-0.2, -0.15) is 0 Å². The summed E-state index contributed by atoms with van der Waals surface area (Å²) in [5.41, 5.74) is 0.0865. The highest BCUT2D eigenvalue weighted by Gasteiger charge is 2.09. The second-order valence-electron chi connectivity index (χ2n) is 2.33. The van der Waals surface area contributed by atoms with Crippen LogP contribution in [0.15, 0.2) is 18.5 Å². The minimum Gasteiger partial charge on any atom is -0.477 e. The van der Waals surface area contributed by atoms with Crippen LogP contribution in [0.3, 0.4) is 0 Å². The molecule has 5 nitrogen and oxygen atoms in total. The molecule has 2 rings (SSSR count). The van der Waals surface area contributed by atoms with Crippen molar-refractivity contribution < 1.29 is 9.90 Å². The zero-order valence-electron chi connectivity index (χ0n) is 6.39. The van der Waals surface area contributed by atoms with Gasteiger partial charge in [0.15, 0.2) is 0 Å². The lowest BCUT2D eigenvalue weighted by Gasteiger charge is -1.86. The van der Waals surface area contributed by atoms with Crippen LogP contribution in [-0.2, 0) is 0 Å². The van der Waals surface area contributed by atoms with Crippen LogP contribution in [0.25, 0.3) is 10.7 Å². The van der Waals surface area contributed by atoms with Crippen LogP contribution in [0.1, 0.15) is 10.5 Å². The van der Waals surface area contributed by atoms with Crippen LogP contribution >= 0.6 is 11.5 Å². The Labute approximate surface area is 77.2 Å². The van der Waals surface area contributed by atoms with Gasteiger partial charge in [0.05, 0.1) is 11.1 Å². The molecule has 6 heteroatoms. The van der Waals surface area contributed by atoms with E-state index in [0.717, 1.165) is 4.88 Å². The lowest BCUT2D eigenvalue weighted by Crippen LogP contribution is -1.95. The highest BCUT2D eigenvalue weighted by atomic mass is 32.1. The lowest BCUT2D eigenvalue weighted by atomic mass is 10.5. The summed E-state index contributed by atoms with van der Waals surface area (Å²) in [6, 6.07) is 1.77. The number of carbonyl (C=O) groups is 1. The van der Waals surface area contributed by atoms with Crippen LogP contribution < -0.4 is 0 Å². The largest absolute Gasteiger partial charge is 0.477 e. The summed E-state index contributed by atoms with van der Waals surface area (Å²) < 4.78 is 3.89. The van der Waals surface area contributed by atoms with Crippen molar-refractivity contribution >= 4 is 17.5 Å². The molecule has 0 bridgehead atoms. The van der Waals surface area contributed by atoms with Crippen LogP contribution in [0, 0.1) is 0 Å². The summed E-state index contributed by atoms with van der Waals surface area (Å²) in [6.45, 7) is 0. The summed E-state index contributed by atoms with van der Waals surface area (Å²) >= 11 is 1.26. The van der Waals surface area contributed by atoms with Crippen molar-refractivity contribution in [2.24, 2.45) is 0 Å². The molecule has 0 saturated heterocycles. The average molecular weight is 195 g/mol. The fourth-order valence-electron chi connectivity index (χ4n) is 0.893. The van der Waals surface area contributed by atoms with E-state index >= 15 is 0 Å². The fraction of sp³-hybridized carbons (Fsp3) is 0. The zero-order chi connectivity index (χ0) is 9.26. The minimum atomic E-state index is -1.01. The molecule has 0 aliphatic heterocycles. The Morgan fingerprint density at radius 3 is 3.00 bits per heavy atom. The number of hydrogen-bond donors (Lipinski definition) is 2. The van der Waals surface area contributed by atoms with Crippen molar-refractivity contribution in [3.8, 4) is 10.7 Å². The first-order chi connectivity index (χ1) is 6.27. The predicted octanol–water partition coefficient (Wildman–Crippen LogP) is 1.23. The fourth-order valence-corrected chi connectivity index (χ4v) is 1.44. The number of hydrogen-bond acceptors (Lipinski definition) is 4. The zero-order valence-corrected chi connectivity index (χ0v) is 7.21. The number of rotatable bonds is 2. The Bertz CT molecular complexity index is 421. The molecule has 0 aliphatic carbocycles. The van der Waals surface area contributed by atoms with Gasteiger partial charge < -0.3 is 10.1 Å². The van der Waals surface area contributed by atoms with Crippen molar-refractivity contribution in [2.75, 3.05) is 0 Å². The molecule has 2 aromatic rings. The van der Waals surface area contributed by atoms with Crippen molar-refractivity contribution in [1.29, 1.82) is 0 Å². The van der Waals surface area contributed by atoms with E-state index in [-0.39, 0.29) is 5.69 Å². The first-order valence-corrected chi connectivity index (χ1v) is 4.24. The van der Waals surface area contributed by atoms with Gasteiger partial charge in [0.25, 0.3) is 0 Å². The van der Waals surface area contributed by atoms with E-state index in [4.69, 9.17) is 5.11 Å². The summed E-state index contributed by atoms with van der Waals surface area (Å²) in [5.74, 6) is -0.469. The summed E-state index contributed by atoms with van der Waals surface area (Å²) in [5, 5.41) is 8.61. The number of imidazole rings is 1. The number of H-pyrrole nitrogens is 1. The van der Waals surface area contributed by atoms with E-state index < -0.39 is 5.97 Å².